The van der Waals surface area contributed by atoms with Crippen molar-refractivity contribution in [2.75, 3.05) is 4.90 Å². The minimum atomic E-state index is 0.0159. The molecule has 1 saturated heterocycles. The van der Waals surface area contributed by atoms with Crippen LogP contribution in [0.5, 0.6) is 0 Å². The van der Waals surface area contributed by atoms with Crippen LogP contribution in [0.25, 0.3) is 0 Å². The molecule has 1 aliphatic carbocycles. The number of aromatic nitrogens is 2. The number of aryl methyl sites for hydroxylation is 1. The van der Waals surface area contributed by atoms with Gasteiger partial charge >= 0.3 is 0 Å². The molecule has 0 spiro atoms. The van der Waals surface area contributed by atoms with E-state index in [0.717, 1.165) is 16.5 Å². The van der Waals surface area contributed by atoms with Gasteiger partial charge in [-0.1, -0.05) is 43.0 Å². The van der Waals surface area contributed by atoms with Crippen LogP contribution in [0.3, 0.4) is 0 Å². The van der Waals surface area contributed by atoms with Crippen LogP contribution in [0.15, 0.2) is 67.1 Å². The third kappa shape index (κ3) is 3.63. The zero-order valence-corrected chi connectivity index (χ0v) is 18.2. The summed E-state index contributed by atoms with van der Waals surface area (Å²) in [5, 5.41) is 4.31. The van der Waals surface area contributed by atoms with Crippen molar-refractivity contribution in [3.05, 3.63) is 83.9 Å². The molecule has 3 heterocycles. The Kier molecular flexibility index (Phi) is 5.30. The second kappa shape index (κ2) is 8.23. The summed E-state index contributed by atoms with van der Waals surface area (Å²) >= 11 is 5.82. The van der Waals surface area contributed by atoms with Crippen molar-refractivity contribution < 1.29 is 0 Å². The topological polar surface area (TPSA) is 33.1 Å². The fraction of sp³-hybridized carbons (Fsp3) is 0.360. The average molecular weight is 417 g/mol. The molecule has 5 heteroatoms. The second-order valence-electron chi connectivity index (χ2n) is 8.52. The fourth-order valence-electron chi connectivity index (χ4n) is 4.89. The molecule has 4 nitrogen and oxygen atoms in total. The first-order chi connectivity index (χ1) is 14.7. The van der Waals surface area contributed by atoms with Crippen LogP contribution < -0.4 is 10.2 Å². The van der Waals surface area contributed by atoms with Crippen molar-refractivity contribution in [1.29, 1.82) is 0 Å². The average Bonchev–Trinajstić information content (AvgIpc) is 3.40. The van der Waals surface area contributed by atoms with E-state index >= 15 is 0 Å². The Morgan fingerprint density at radius 3 is 2.53 bits per heavy atom. The molecular formula is C25H28N4S. The van der Waals surface area contributed by atoms with Gasteiger partial charge in [-0.05, 0) is 67.9 Å². The zero-order valence-electron chi connectivity index (χ0n) is 17.4. The summed E-state index contributed by atoms with van der Waals surface area (Å²) in [5.74, 6) is 0. The van der Waals surface area contributed by atoms with Gasteiger partial charge in [0.15, 0.2) is 5.11 Å². The van der Waals surface area contributed by atoms with E-state index in [1.807, 2.05) is 18.3 Å². The van der Waals surface area contributed by atoms with E-state index < -0.39 is 0 Å². The maximum absolute atomic E-state index is 5.82. The van der Waals surface area contributed by atoms with Gasteiger partial charge in [-0.3, -0.25) is 4.98 Å². The maximum atomic E-state index is 5.82. The monoisotopic (exact) mass is 416 g/mol. The molecule has 1 aliphatic heterocycles. The molecule has 154 valence electrons. The van der Waals surface area contributed by atoms with E-state index in [9.17, 15) is 0 Å². The standard InChI is InChI=1S/C25H28N4S/c1-18-10-12-21(13-11-18)29-24(23(27-25(29)30)22-9-5-6-15-26-22)19-14-16-28(17-19)20-7-3-2-4-8-20/h5-6,9-17,20,23-24H,2-4,7-8H2,1H3,(H,27,30). The highest BCUT2D eigenvalue weighted by Gasteiger charge is 2.41. The molecule has 30 heavy (non-hydrogen) atoms. The highest BCUT2D eigenvalue weighted by molar-refractivity contribution is 7.80. The first-order valence-corrected chi connectivity index (χ1v) is 11.4. The number of rotatable bonds is 4. The predicted molar refractivity (Wildman–Crippen MR) is 126 cm³/mol. The summed E-state index contributed by atoms with van der Waals surface area (Å²) < 4.78 is 2.43. The number of pyridine rings is 1. The number of anilines is 1. The molecule has 1 N–H and O–H groups in total. The third-order valence-corrected chi connectivity index (χ3v) is 6.80. The molecule has 2 aromatic heterocycles. The smallest absolute Gasteiger partial charge is 0.174 e. The lowest BCUT2D eigenvalue weighted by Crippen LogP contribution is -2.29. The van der Waals surface area contributed by atoms with Gasteiger partial charge in [-0.25, -0.2) is 0 Å². The lowest BCUT2D eigenvalue weighted by atomic mass is 9.95. The van der Waals surface area contributed by atoms with Gasteiger partial charge in [-0.2, -0.15) is 0 Å². The second-order valence-corrected chi connectivity index (χ2v) is 8.90. The van der Waals surface area contributed by atoms with Gasteiger partial charge in [0.05, 0.1) is 17.8 Å². The number of hydrogen-bond acceptors (Lipinski definition) is 2. The van der Waals surface area contributed by atoms with Crippen LogP contribution in [-0.4, -0.2) is 14.7 Å². The summed E-state index contributed by atoms with van der Waals surface area (Å²) in [6.45, 7) is 2.11. The van der Waals surface area contributed by atoms with E-state index in [2.05, 4.69) is 75.5 Å². The van der Waals surface area contributed by atoms with E-state index in [4.69, 9.17) is 12.2 Å². The summed E-state index contributed by atoms with van der Waals surface area (Å²) in [6.07, 6.45) is 13.1. The Morgan fingerprint density at radius 2 is 1.80 bits per heavy atom. The molecule has 5 rings (SSSR count). The van der Waals surface area contributed by atoms with Crippen molar-refractivity contribution in [3.8, 4) is 0 Å². The summed E-state index contributed by atoms with van der Waals surface area (Å²) in [4.78, 5) is 6.91. The van der Waals surface area contributed by atoms with Crippen molar-refractivity contribution in [2.24, 2.45) is 0 Å². The molecule has 0 radical (unpaired) electrons. The molecule has 0 bridgehead atoms. The Morgan fingerprint density at radius 1 is 1.00 bits per heavy atom. The van der Waals surface area contributed by atoms with Crippen molar-refractivity contribution in [2.45, 2.75) is 57.2 Å². The lowest BCUT2D eigenvalue weighted by molar-refractivity contribution is 0.353. The van der Waals surface area contributed by atoms with Gasteiger partial charge in [-0.15, -0.1) is 0 Å². The number of hydrogen-bond donors (Lipinski definition) is 1. The van der Waals surface area contributed by atoms with Crippen molar-refractivity contribution in [3.63, 3.8) is 0 Å². The zero-order chi connectivity index (χ0) is 20.5. The van der Waals surface area contributed by atoms with E-state index in [1.54, 1.807) is 0 Å². The summed E-state index contributed by atoms with van der Waals surface area (Å²) in [7, 11) is 0. The van der Waals surface area contributed by atoms with Crippen LogP contribution in [0.2, 0.25) is 0 Å². The maximum Gasteiger partial charge on any atom is 0.174 e. The van der Waals surface area contributed by atoms with Crippen LogP contribution in [0.1, 0.15) is 67.1 Å². The predicted octanol–water partition coefficient (Wildman–Crippen LogP) is 5.87. The Balaban J connectivity index is 1.54. The van der Waals surface area contributed by atoms with E-state index in [0.29, 0.717) is 6.04 Å². The molecule has 2 unspecified atom stereocenters. The minimum Gasteiger partial charge on any atom is -0.351 e. The van der Waals surface area contributed by atoms with Crippen molar-refractivity contribution in [1.82, 2.24) is 14.9 Å². The molecule has 3 aromatic rings. The van der Waals surface area contributed by atoms with Crippen molar-refractivity contribution >= 4 is 23.0 Å². The van der Waals surface area contributed by atoms with E-state index in [-0.39, 0.29) is 12.1 Å². The third-order valence-electron chi connectivity index (χ3n) is 6.49. The van der Waals surface area contributed by atoms with Crippen LogP contribution in [0.4, 0.5) is 5.69 Å². The Hall–Kier alpha value is -2.66. The minimum absolute atomic E-state index is 0.0159. The highest BCUT2D eigenvalue weighted by Crippen LogP contribution is 2.42. The molecule has 2 aliphatic rings. The molecule has 0 amide bonds. The lowest BCUT2D eigenvalue weighted by Gasteiger charge is -2.28. The van der Waals surface area contributed by atoms with Crippen LogP contribution >= 0.6 is 12.2 Å². The number of nitrogens with one attached hydrogen (secondary N) is 1. The van der Waals surface area contributed by atoms with Gasteiger partial charge in [0.1, 0.15) is 0 Å². The molecule has 2 fully saturated rings. The molecule has 1 aromatic carbocycles. The first-order valence-electron chi connectivity index (χ1n) is 11.0. The SMILES string of the molecule is Cc1ccc(N2C(=S)NC(c3ccccn3)C2c2ccn(C3CCCCC3)c2)cc1. The molecular weight excluding hydrogens is 388 g/mol. The normalized spacial score (nSPS) is 22.3. The van der Waals surface area contributed by atoms with Gasteiger partial charge in [0.2, 0.25) is 0 Å². The van der Waals surface area contributed by atoms with Gasteiger partial charge < -0.3 is 14.8 Å². The number of benzene rings is 1. The summed E-state index contributed by atoms with van der Waals surface area (Å²) in [5.41, 5.74) is 4.67. The molecule has 2 atom stereocenters. The van der Waals surface area contributed by atoms with Crippen LogP contribution in [0, 0.1) is 6.92 Å². The Bertz CT molecular complexity index is 1010. The largest absolute Gasteiger partial charge is 0.351 e. The number of nitrogens with zero attached hydrogens (tertiary/aromatic N) is 3. The Labute approximate surface area is 183 Å². The summed E-state index contributed by atoms with van der Waals surface area (Å²) in [6, 6.07) is 17.7. The van der Waals surface area contributed by atoms with Gasteiger partial charge in [0.25, 0.3) is 0 Å². The van der Waals surface area contributed by atoms with E-state index in [1.165, 1.54) is 43.2 Å². The first kappa shape index (κ1) is 19.3. The highest BCUT2D eigenvalue weighted by atomic mass is 32.1. The number of thiocarbonyl (C=S) groups is 1. The van der Waals surface area contributed by atoms with Gasteiger partial charge in [0, 0.05) is 30.3 Å². The quantitative estimate of drug-likeness (QED) is 0.539. The fourth-order valence-corrected chi connectivity index (χ4v) is 5.23. The molecule has 1 saturated carbocycles. The van der Waals surface area contributed by atoms with Crippen LogP contribution in [-0.2, 0) is 0 Å².